The summed E-state index contributed by atoms with van der Waals surface area (Å²) in [6, 6.07) is 26.6. The van der Waals surface area contributed by atoms with Crippen molar-refractivity contribution in [2.24, 2.45) is 5.10 Å². The zero-order valence-corrected chi connectivity index (χ0v) is 18.8. The van der Waals surface area contributed by atoms with Gasteiger partial charge >= 0.3 is 0 Å². The molecule has 2 N–H and O–H groups in total. The zero-order chi connectivity index (χ0) is 23.8. The molecule has 0 fully saturated rings. The molecule has 8 heteroatoms. The summed E-state index contributed by atoms with van der Waals surface area (Å²) in [5.41, 5.74) is 4.71. The fourth-order valence-corrected chi connectivity index (χ4v) is 3.78. The number of nitrogens with zero attached hydrogens (tertiary/aromatic N) is 2. The number of thiazole rings is 1. The van der Waals surface area contributed by atoms with E-state index in [-0.39, 0.29) is 17.9 Å². The molecule has 7 nitrogen and oxygen atoms in total. The van der Waals surface area contributed by atoms with Gasteiger partial charge in [-0.2, -0.15) is 5.10 Å². The molecule has 0 aliphatic carbocycles. The number of benzene rings is 3. The average molecular weight is 469 g/mol. The van der Waals surface area contributed by atoms with Crippen molar-refractivity contribution < 1.29 is 14.4 Å². The first-order chi connectivity index (χ1) is 16.6. The smallest absolute Gasteiger partial charge is 0.274 e. The van der Waals surface area contributed by atoms with Crippen LogP contribution in [0.15, 0.2) is 101 Å². The van der Waals surface area contributed by atoms with Crippen LogP contribution in [0.5, 0.6) is 0 Å². The van der Waals surface area contributed by atoms with E-state index < -0.39 is 11.8 Å². The number of nitrogens with one attached hydrogen (secondary N) is 2. The predicted octanol–water partition coefficient (Wildman–Crippen LogP) is 4.81. The number of ketones is 1. The van der Waals surface area contributed by atoms with Crippen LogP contribution in [0.25, 0.3) is 11.3 Å². The van der Waals surface area contributed by atoms with Crippen molar-refractivity contribution in [3.63, 3.8) is 0 Å². The summed E-state index contributed by atoms with van der Waals surface area (Å²) in [5, 5.41) is 8.86. The fourth-order valence-electron chi connectivity index (χ4n) is 3.06. The van der Waals surface area contributed by atoms with E-state index >= 15 is 0 Å². The molecule has 0 saturated heterocycles. The molecule has 0 spiro atoms. The molecule has 0 aliphatic heterocycles. The van der Waals surface area contributed by atoms with Gasteiger partial charge in [0, 0.05) is 22.1 Å². The lowest BCUT2D eigenvalue weighted by atomic mass is 10.1. The second-order valence-corrected chi connectivity index (χ2v) is 8.05. The third-order valence-corrected chi connectivity index (χ3v) is 5.57. The Morgan fingerprint density at radius 1 is 0.794 bits per heavy atom. The Labute approximate surface area is 200 Å². The minimum atomic E-state index is -0.619. The van der Waals surface area contributed by atoms with Gasteiger partial charge in [0.05, 0.1) is 12.1 Å². The van der Waals surface area contributed by atoms with E-state index in [4.69, 9.17) is 0 Å². The number of aromatic nitrogens is 1. The van der Waals surface area contributed by atoms with Crippen molar-refractivity contribution in [3.8, 4) is 11.3 Å². The highest BCUT2D eigenvalue weighted by Crippen LogP contribution is 2.24. The number of Topliss-reactive ketones (excluding diaryl/α,β-unsaturated/α-hetero) is 1. The monoisotopic (exact) mass is 468 g/mol. The quantitative estimate of drug-likeness (QED) is 0.220. The Bertz CT molecular complexity index is 1320. The third kappa shape index (κ3) is 5.87. The van der Waals surface area contributed by atoms with Crippen LogP contribution in [0.2, 0.25) is 0 Å². The van der Waals surface area contributed by atoms with Crippen molar-refractivity contribution in [1.29, 1.82) is 0 Å². The second kappa shape index (κ2) is 10.9. The molecular weight excluding hydrogens is 448 g/mol. The number of hydrogen-bond donors (Lipinski definition) is 2. The molecule has 34 heavy (non-hydrogen) atoms. The van der Waals surface area contributed by atoms with Crippen molar-refractivity contribution >= 4 is 39.8 Å². The van der Waals surface area contributed by atoms with Gasteiger partial charge in [0.25, 0.3) is 11.8 Å². The zero-order valence-electron chi connectivity index (χ0n) is 18.0. The molecule has 3 aromatic carbocycles. The Morgan fingerprint density at radius 2 is 1.38 bits per heavy atom. The number of hydrogen-bond acceptors (Lipinski definition) is 6. The van der Waals surface area contributed by atoms with E-state index in [2.05, 4.69) is 20.8 Å². The van der Waals surface area contributed by atoms with Gasteiger partial charge < -0.3 is 0 Å². The van der Waals surface area contributed by atoms with E-state index in [0.29, 0.717) is 16.3 Å². The summed E-state index contributed by atoms with van der Waals surface area (Å²) in [4.78, 5) is 42.6. The lowest BCUT2D eigenvalue weighted by Crippen LogP contribution is -2.29. The largest absolute Gasteiger partial charge is 0.297 e. The predicted molar refractivity (Wildman–Crippen MR) is 133 cm³/mol. The van der Waals surface area contributed by atoms with Crippen LogP contribution in [0.4, 0.5) is 5.13 Å². The molecule has 0 bridgehead atoms. The van der Waals surface area contributed by atoms with E-state index in [9.17, 15) is 14.4 Å². The molecule has 4 aromatic rings. The van der Waals surface area contributed by atoms with Crippen LogP contribution in [0, 0.1) is 0 Å². The number of carbonyl (C=O) groups excluding carboxylic acids is 3. The number of amides is 2. The molecule has 0 saturated carbocycles. The van der Waals surface area contributed by atoms with Crippen LogP contribution < -0.4 is 10.7 Å². The first kappa shape index (κ1) is 22.8. The first-order valence-corrected chi connectivity index (χ1v) is 11.3. The van der Waals surface area contributed by atoms with Crippen LogP contribution >= 0.6 is 11.3 Å². The molecule has 1 heterocycles. The highest BCUT2D eigenvalue weighted by atomic mass is 32.1. The number of carbonyl (C=O) groups is 3. The Hall–Kier alpha value is -4.43. The Balaban J connectivity index is 1.53. The molecule has 0 atom stereocenters. The summed E-state index contributed by atoms with van der Waals surface area (Å²) in [6.45, 7) is 0. The van der Waals surface area contributed by atoms with Gasteiger partial charge in [0.15, 0.2) is 10.9 Å². The topological polar surface area (TPSA) is 101 Å². The minimum Gasteiger partial charge on any atom is -0.297 e. The van der Waals surface area contributed by atoms with Gasteiger partial charge in [-0.3, -0.25) is 19.7 Å². The third-order valence-electron chi connectivity index (χ3n) is 4.81. The number of hydrazone groups is 1. The van der Waals surface area contributed by atoms with Crippen LogP contribution in [0.3, 0.4) is 0 Å². The van der Waals surface area contributed by atoms with E-state index in [1.165, 1.54) is 11.3 Å². The van der Waals surface area contributed by atoms with Crippen molar-refractivity contribution in [3.05, 3.63) is 108 Å². The van der Waals surface area contributed by atoms with Gasteiger partial charge in [0.1, 0.15) is 5.71 Å². The van der Waals surface area contributed by atoms with Crippen LogP contribution in [-0.2, 0) is 4.79 Å². The lowest BCUT2D eigenvalue weighted by Gasteiger charge is -2.07. The lowest BCUT2D eigenvalue weighted by molar-refractivity contribution is -0.110. The van der Waals surface area contributed by atoms with Crippen molar-refractivity contribution in [2.75, 3.05) is 5.32 Å². The maximum atomic E-state index is 13.0. The maximum Gasteiger partial charge on any atom is 0.274 e. The molecule has 4 rings (SSSR count). The van der Waals surface area contributed by atoms with Gasteiger partial charge in [-0.15, -0.1) is 11.3 Å². The second-order valence-electron chi connectivity index (χ2n) is 7.19. The Morgan fingerprint density at radius 3 is 2.03 bits per heavy atom. The van der Waals surface area contributed by atoms with Crippen molar-refractivity contribution in [2.45, 2.75) is 6.42 Å². The van der Waals surface area contributed by atoms with E-state index in [1.54, 1.807) is 60.7 Å². The number of rotatable bonds is 8. The highest BCUT2D eigenvalue weighted by Gasteiger charge is 2.20. The van der Waals surface area contributed by atoms with Crippen molar-refractivity contribution in [1.82, 2.24) is 10.4 Å². The first-order valence-electron chi connectivity index (χ1n) is 10.4. The molecule has 0 aliphatic rings. The van der Waals surface area contributed by atoms with E-state index in [1.807, 2.05) is 35.7 Å². The summed E-state index contributed by atoms with van der Waals surface area (Å²) in [6.07, 6.45) is -0.290. The molecule has 0 radical (unpaired) electrons. The summed E-state index contributed by atoms with van der Waals surface area (Å²) in [7, 11) is 0. The molecule has 168 valence electrons. The fraction of sp³-hybridized carbons (Fsp3) is 0.0385. The van der Waals surface area contributed by atoms with Crippen LogP contribution in [-0.4, -0.2) is 28.3 Å². The van der Waals surface area contributed by atoms with Gasteiger partial charge in [0.2, 0.25) is 0 Å². The molecule has 2 amide bonds. The Kier molecular flexibility index (Phi) is 7.32. The maximum absolute atomic E-state index is 13.0. The van der Waals surface area contributed by atoms with Gasteiger partial charge in [-0.25, -0.2) is 10.4 Å². The molecule has 0 unspecified atom stereocenters. The minimum absolute atomic E-state index is 0.130. The highest BCUT2D eigenvalue weighted by molar-refractivity contribution is 7.14. The standard InChI is InChI=1S/C26H20N4O3S/c31-23(19-12-6-2-7-13-19)16-21(29-30-24(32)20-14-8-3-9-15-20)25(33)28-26-27-22(17-34-26)18-10-4-1-5-11-18/h1-15,17H,16H2,(H,30,32)(H,27,28,33). The summed E-state index contributed by atoms with van der Waals surface area (Å²) < 4.78 is 0. The van der Waals surface area contributed by atoms with E-state index in [0.717, 1.165) is 11.3 Å². The average Bonchev–Trinajstić information content (AvgIpc) is 3.36. The number of anilines is 1. The normalized spacial score (nSPS) is 11.0. The molecule has 1 aromatic heterocycles. The molecular formula is C26H20N4O3S. The van der Waals surface area contributed by atoms with Gasteiger partial charge in [-0.05, 0) is 12.1 Å². The summed E-state index contributed by atoms with van der Waals surface area (Å²) >= 11 is 1.26. The van der Waals surface area contributed by atoms with Gasteiger partial charge in [-0.1, -0.05) is 78.9 Å². The summed E-state index contributed by atoms with van der Waals surface area (Å²) in [5.74, 6) is -1.40. The van der Waals surface area contributed by atoms with Crippen LogP contribution in [0.1, 0.15) is 27.1 Å². The SMILES string of the molecule is O=C(Nc1nc(-c2ccccc2)cs1)C(CC(=O)c1ccccc1)=NNC(=O)c1ccccc1.